The van der Waals surface area contributed by atoms with Crippen LogP contribution >= 0.6 is 0 Å². The van der Waals surface area contributed by atoms with Crippen molar-refractivity contribution >= 4 is 28.6 Å². The maximum atomic E-state index is 12.5. The van der Waals surface area contributed by atoms with E-state index in [9.17, 15) is 4.79 Å². The summed E-state index contributed by atoms with van der Waals surface area (Å²) in [7, 11) is 0. The van der Waals surface area contributed by atoms with Gasteiger partial charge in [0.2, 0.25) is 11.9 Å². The number of ether oxygens (including phenoxy) is 1. The molecule has 0 radical (unpaired) electrons. The van der Waals surface area contributed by atoms with Crippen molar-refractivity contribution in [3.05, 3.63) is 66.1 Å². The van der Waals surface area contributed by atoms with E-state index in [-0.39, 0.29) is 12.4 Å². The van der Waals surface area contributed by atoms with Gasteiger partial charge in [-0.05, 0) is 54.3 Å². The van der Waals surface area contributed by atoms with E-state index in [2.05, 4.69) is 31.5 Å². The molecular weight excluding hydrogens is 394 g/mol. The molecule has 4 aromatic rings. The van der Waals surface area contributed by atoms with Gasteiger partial charge in [-0.3, -0.25) is 10.1 Å². The molecule has 3 heterocycles. The molecule has 0 unspecified atom stereocenters. The highest BCUT2D eigenvalue weighted by molar-refractivity contribution is 6.01. The number of nitrogens with one attached hydrogen (secondary N) is 2. The minimum Gasteiger partial charge on any atom is -0.486 e. The smallest absolute Gasteiger partial charge is 0.293 e. The van der Waals surface area contributed by atoms with Gasteiger partial charge >= 0.3 is 0 Å². The second kappa shape index (κ2) is 8.51. The van der Waals surface area contributed by atoms with Crippen LogP contribution in [0, 0.1) is 0 Å². The van der Waals surface area contributed by atoms with Gasteiger partial charge in [-0.2, -0.15) is 4.98 Å². The van der Waals surface area contributed by atoms with E-state index in [4.69, 9.17) is 9.15 Å². The normalized spacial score (nSPS) is 14.0. The van der Waals surface area contributed by atoms with Gasteiger partial charge in [0.1, 0.15) is 18.1 Å². The van der Waals surface area contributed by atoms with Crippen LogP contribution in [0.4, 0.5) is 11.9 Å². The number of rotatable bonds is 6. The van der Waals surface area contributed by atoms with Gasteiger partial charge in [-0.15, -0.1) is 5.10 Å². The van der Waals surface area contributed by atoms with Crippen molar-refractivity contribution in [2.45, 2.75) is 25.9 Å². The number of hydrogen-bond acceptors (Lipinski definition) is 6. The number of carbonyl (C=O) groups is 1. The molecule has 1 fully saturated rings. The number of carbonyl (C=O) groups excluding carboxylic acids is 1. The average molecular weight is 417 g/mol. The quantitative estimate of drug-likeness (QED) is 0.484. The van der Waals surface area contributed by atoms with Gasteiger partial charge in [0.05, 0.1) is 0 Å². The molecule has 1 saturated heterocycles. The van der Waals surface area contributed by atoms with E-state index in [0.717, 1.165) is 42.5 Å². The number of fused-ring (bicyclic) bond motifs is 1. The SMILES string of the molecule is O=C(Nc1nc(N2CCCCC2)n[nH]1)c1ccc(COc2ccc3ccccc3c2)o1. The Morgan fingerprint density at radius 3 is 2.77 bits per heavy atom. The number of furan rings is 1. The number of nitrogens with zero attached hydrogens (tertiary/aromatic N) is 3. The van der Waals surface area contributed by atoms with E-state index in [0.29, 0.717) is 17.7 Å². The fourth-order valence-corrected chi connectivity index (χ4v) is 3.70. The number of aromatic nitrogens is 3. The second-order valence-electron chi connectivity index (χ2n) is 7.55. The van der Waals surface area contributed by atoms with Crippen LogP contribution in [0.1, 0.15) is 35.6 Å². The average Bonchev–Trinajstić information content (AvgIpc) is 3.48. The Kier molecular flexibility index (Phi) is 5.26. The number of amides is 1. The molecule has 2 N–H and O–H groups in total. The van der Waals surface area contributed by atoms with Crippen LogP contribution < -0.4 is 15.0 Å². The van der Waals surface area contributed by atoms with E-state index >= 15 is 0 Å². The number of benzene rings is 2. The lowest BCUT2D eigenvalue weighted by Crippen LogP contribution is -2.30. The lowest BCUT2D eigenvalue weighted by atomic mass is 10.1. The Morgan fingerprint density at radius 2 is 1.90 bits per heavy atom. The lowest BCUT2D eigenvalue weighted by molar-refractivity contribution is 0.0992. The van der Waals surface area contributed by atoms with Gasteiger partial charge in [0.15, 0.2) is 5.76 Å². The van der Waals surface area contributed by atoms with Crippen LogP contribution in [-0.2, 0) is 6.61 Å². The van der Waals surface area contributed by atoms with Crippen molar-refractivity contribution in [3.8, 4) is 5.75 Å². The highest BCUT2D eigenvalue weighted by atomic mass is 16.5. The molecule has 1 aliphatic heterocycles. The Bertz CT molecular complexity index is 1190. The summed E-state index contributed by atoms with van der Waals surface area (Å²) < 4.78 is 11.5. The first-order chi connectivity index (χ1) is 15.2. The minimum absolute atomic E-state index is 0.188. The van der Waals surface area contributed by atoms with Crippen molar-refractivity contribution in [1.82, 2.24) is 15.2 Å². The molecule has 0 spiro atoms. The van der Waals surface area contributed by atoms with Crippen LogP contribution in [0.3, 0.4) is 0 Å². The monoisotopic (exact) mass is 417 g/mol. The molecule has 5 rings (SSSR count). The van der Waals surface area contributed by atoms with E-state index in [1.165, 1.54) is 6.42 Å². The zero-order chi connectivity index (χ0) is 21.0. The molecule has 0 saturated carbocycles. The Balaban J connectivity index is 1.19. The van der Waals surface area contributed by atoms with Crippen molar-refractivity contribution in [2.24, 2.45) is 0 Å². The Labute approximate surface area is 179 Å². The van der Waals surface area contributed by atoms with Crippen LogP contribution in [0.5, 0.6) is 5.75 Å². The van der Waals surface area contributed by atoms with Crippen molar-refractivity contribution in [3.63, 3.8) is 0 Å². The molecule has 1 amide bonds. The zero-order valence-corrected chi connectivity index (χ0v) is 17.0. The third-order valence-corrected chi connectivity index (χ3v) is 5.33. The molecule has 0 atom stereocenters. The number of aromatic amines is 1. The van der Waals surface area contributed by atoms with E-state index in [1.54, 1.807) is 12.1 Å². The van der Waals surface area contributed by atoms with Crippen molar-refractivity contribution in [1.29, 1.82) is 0 Å². The van der Waals surface area contributed by atoms with Crippen LogP contribution in [0.15, 0.2) is 59.0 Å². The minimum atomic E-state index is -0.390. The molecule has 1 aliphatic rings. The summed E-state index contributed by atoms with van der Waals surface area (Å²) in [6, 6.07) is 17.4. The van der Waals surface area contributed by atoms with E-state index in [1.807, 2.05) is 36.4 Å². The van der Waals surface area contributed by atoms with Gasteiger partial charge in [0.25, 0.3) is 5.91 Å². The lowest BCUT2D eigenvalue weighted by Gasteiger charge is -2.24. The summed E-state index contributed by atoms with van der Waals surface area (Å²) in [6.07, 6.45) is 3.50. The van der Waals surface area contributed by atoms with Gasteiger partial charge in [0, 0.05) is 13.1 Å². The first-order valence-corrected chi connectivity index (χ1v) is 10.4. The summed E-state index contributed by atoms with van der Waals surface area (Å²) in [4.78, 5) is 19.0. The van der Waals surface area contributed by atoms with Gasteiger partial charge in [-0.25, -0.2) is 5.10 Å². The maximum absolute atomic E-state index is 12.5. The molecule has 0 bridgehead atoms. The fourth-order valence-electron chi connectivity index (χ4n) is 3.70. The standard InChI is InChI=1S/C23H23N5O3/c29-21(24-22-25-23(27-26-22)28-12-4-1-5-13-28)20-11-10-19(31-20)15-30-18-9-8-16-6-2-3-7-17(16)14-18/h2-3,6-11,14H,1,4-5,12-13,15H2,(H2,24,25,26,27,29). The Hall–Kier alpha value is -3.81. The van der Waals surface area contributed by atoms with Crippen molar-refractivity contribution < 1.29 is 13.9 Å². The predicted molar refractivity (Wildman–Crippen MR) is 117 cm³/mol. The van der Waals surface area contributed by atoms with Gasteiger partial charge in [-0.1, -0.05) is 30.3 Å². The predicted octanol–water partition coefficient (Wildman–Crippen LogP) is 4.37. The molecular formula is C23H23N5O3. The topological polar surface area (TPSA) is 96.3 Å². The summed E-state index contributed by atoms with van der Waals surface area (Å²) >= 11 is 0. The number of hydrogen-bond donors (Lipinski definition) is 2. The maximum Gasteiger partial charge on any atom is 0.293 e. The summed E-state index contributed by atoms with van der Waals surface area (Å²) in [5, 5.41) is 11.9. The fraction of sp³-hybridized carbons (Fsp3) is 0.261. The summed E-state index contributed by atoms with van der Waals surface area (Å²) in [6.45, 7) is 2.10. The van der Waals surface area contributed by atoms with Gasteiger partial charge < -0.3 is 14.1 Å². The molecule has 8 nitrogen and oxygen atoms in total. The highest BCUT2D eigenvalue weighted by Crippen LogP contribution is 2.22. The number of piperidine rings is 1. The largest absolute Gasteiger partial charge is 0.486 e. The molecule has 2 aromatic carbocycles. The van der Waals surface area contributed by atoms with Crippen LogP contribution in [0.2, 0.25) is 0 Å². The van der Waals surface area contributed by atoms with Crippen molar-refractivity contribution in [2.75, 3.05) is 23.3 Å². The summed E-state index contributed by atoms with van der Waals surface area (Å²) in [5.74, 6) is 2.01. The first kappa shape index (κ1) is 19.2. The molecule has 2 aromatic heterocycles. The molecule has 31 heavy (non-hydrogen) atoms. The molecule has 158 valence electrons. The molecule has 0 aliphatic carbocycles. The van der Waals surface area contributed by atoms with Crippen LogP contribution in [0.25, 0.3) is 10.8 Å². The highest BCUT2D eigenvalue weighted by Gasteiger charge is 2.18. The van der Waals surface area contributed by atoms with Crippen LogP contribution in [-0.4, -0.2) is 34.2 Å². The third-order valence-electron chi connectivity index (χ3n) is 5.33. The number of anilines is 2. The summed E-state index contributed by atoms with van der Waals surface area (Å²) in [5.41, 5.74) is 0. The third kappa shape index (κ3) is 4.37. The zero-order valence-electron chi connectivity index (χ0n) is 17.0. The first-order valence-electron chi connectivity index (χ1n) is 10.4. The Morgan fingerprint density at radius 1 is 1.06 bits per heavy atom. The number of H-pyrrole nitrogens is 1. The second-order valence-corrected chi connectivity index (χ2v) is 7.55. The van der Waals surface area contributed by atoms with E-state index < -0.39 is 5.91 Å². The molecule has 8 heteroatoms.